The van der Waals surface area contributed by atoms with E-state index in [1.165, 1.54) is 5.56 Å². The van der Waals surface area contributed by atoms with Gasteiger partial charge in [-0.25, -0.2) is 15.0 Å². The number of imidazole rings is 1. The number of anilines is 2. The van der Waals surface area contributed by atoms with Gasteiger partial charge in [0.2, 0.25) is 11.9 Å². The predicted molar refractivity (Wildman–Crippen MR) is 109 cm³/mol. The van der Waals surface area contributed by atoms with Gasteiger partial charge in [-0.2, -0.15) is 0 Å². The Bertz CT molecular complexity index is 1220. The molecule has 130 valence electrons. The van der Waals surface area contributed by atoms with Crippen LogP contribution >= 0.6 is 0 Å². The summed E-state index contributed by atoms with van der Waals surface area (Å²) < 4.78 is 0. The Labute approximate surface area is 156 Å². The number of aromatic amines is 1. The summed E-state index contributed by atoms with van der Waals surface area (Å²) in [6.45, 7) is 2.08. The predicted octanol–water partition coefficient (Wildman–Crippen LogP) is 5.23. The molecule has 0 saturated heterocycles. The van der Waals surface area contributed by atoms with Gasteiger partial charge in [-0.15, -0.1) is 0 Å². The van der Waals surface area contributed by atoms with Crippen LogP contribution in [0.5, 0.6) is 0 Å². The van der Waals surface area contributed by atoms with E-state index in [9.17, 15) is 0 Å². The molecule has 0 radical (unpaired) electrons. The molecule has 5 heteroatoms. The molecule has 0 saturated carbocycles. The normalized spacial score (nSPS) is 11.1. The van der Waals surface area contributed by atoms with E-state index in [0.717, 1.165) is 33.2 Å². The number of H-pyrrole nitrogens is 1. The molecule has 5 nitrogen and oxygen atoms in total. The number of benzene rings is 3. The number of nitrogens with zero attached hydrogens (tertiary/aromatic N) is 3. The highest BCUT2D eigenvalue weighted by Gasteiger charge is 2.11. The van der Waals surface area contributed by atoms with Gasteiger partial charge in [0.05, 0.1) is 22.2 Å². The smallest absolute Gasteiger partial charge is 0.230 e. The lowest BCUT2D eigenvalue weighted by Gasteiger charge is -2.10. The number of hydrogen-bond acceptors (Lipinski definition) is 4. The number of hydrogen-bond donors (Lipinski definition) is 2. The fraction of sp³-hybridized carbons (Fsp3) is 0.0455. The Hall–Kier alpha value is -3.73. The summed E-state index contributed by atoms with van der Waals surface area (Å²) in [5, 5.41) is 4.26. The number of aromatic nitrogens is 4. The first-order valence-electron chi connectivity index (χ1n) is 8.82. The molecule has 5 rings (SSSR count). The first-order chi connectivity index (χ1) is 13.3. The fourth-order valence-corrected chi connectivity index (χ4v) is 3.23. The molecule has 2 heterocycles. The lowest BCUT2D eigenvalue weighted by atomic mass is 10.0. The second-order valence-corrected chi connectivity index (χ2v) is 6.51. The average Bonchev–Trinajstić information content (AvgIpc) is 3.10. The van der Waals surface area contributed by atoms with Crippen LogP contribution in [0.4, 0.5) is 11.9 Å². The minimum Gasteiger partial charge on any atom is -0.324 e. The lowest BCUT2D eigenvalue weighted by Crippen LogP contribution is -2.01. The Morgan fingerprint density at radius 1 is 0.778 bits per heavy atom. The maximum absolute atomic E-state index is 4.80. The Balaban J connectivity index is 1.65. The van der Waals surface area contributed by atoms with Crippen LogP contribution in [0.15, 0.2) is 72.8 Å². The quantitative estimate of drug-likeness (QED) is 0.467. The van der Waals surface area contributed by atoms with Crippen molar-refractivity contribution < 1.29 is 0 Å². The minimum atomic E-state index is 0.518. The molecule has 0 fully saturated rings. The number of nitrogens with one attached hydrogen (secondary N) is 2. The van der Waals surface area contributed by atoms with Crippen LogP contribution in [0.3, 0.4) is 0 Å². The maximum Gasteiger partial charge on any atom is 0.230 e. The van der Waals surface area contributed by atoms with Crippen LogP contribution in [-0.4, -0.2) is 19.9 Å². The molecule has 2 aromatic heterocycles. The summed E-state index contributed by atoms with van der Waals surface area (Å²) in [6.07, 6.45) is 0. The van der Waals surface area contributed by atoms with Crippen molar-refractivity contribution in [2.75, 3.05) is 5.32 Å². The SMILES string of the molecule is Cc1ccc2nc(Nc3nc4ccccc4[nH]3)nc(-c3ccccc3)c2c1. The zero-order chi connectivity index (χ0) is 18.2. The molecule has 0 spiro atoms. The summed E-state index contributed by atoms with van der Waals surface area (Å²) in [5.74, 6) is 1.14. The van der Waals surface area contributed by atoms with Gasteiger partial charge in [0.25, 0.3) is 0 Å². The standard InChI is InChI=1S/C22H17N5/c1-14-11-12-17-16(13-14)20(15-7-3-2-4-8-15)26-22(23-17)27-21-24-18-9-5-6-10-19(18)25-21/h2-13H,1H3,(H2,23,24,25,26,27). The van der Waals surface area contributed by atoms with Crippen molar-refractivity contribution in [1.82, 2.24) is 19.9 Å². The molecule has 0 bridgehead atoms. The zero-order valence-corrected chi connectivity index (χ0v) is 14.8. The summed E-state index contributed by atoms with van der Waals surface area (Å²) in [7, 11) is 0. The molecule has 0 atom stereocenters. The van der Waals surface area contributed by atoms with Crippen LogP contribution in [0.1, 0.15) is 5.56 Å². The topological polar surface area (TPSA) is 66.5 Å². The zero-order valence-electron chi connectivity index (χ0n) is 14.8. The van der Waals surface area contributed by atoms with Gasteiger partial charge in [-0.1, -0.05) is 54.1 Å². The van der Waals surface area contributed by atoms with E-state index < -0.39 is 0 Å². The van der Waals surface area contributed by atoms with Crippen LogP contribution in [0, 0.1) is 6.92 Å². The van der Waals surface area contributed by atoms with E-state index in [4.69, 9.17) is 4.98 Å². The minimum absolute atomic E-state index is 0.518. The van der Waals surface area contributed by atoms with Gasteiger partial charge in [0.15, 0.2) is 0 Å². The Morgan fingerprint density at radius 2 is 1.59 bits per heavy atom. The van der Waals surface area contributed by atoms with E-state index >= 15 is 0 Å². The van der Waals surface area contributed by atoms with Crippen molar-refractivity contribution in [2.24, 2.45) is 0 Å². The van der Waals surface area contributed by atoms with Gasteiger partial charge in [0.1, 0.15) is 0 Å². The van der Waals surface area contributed by atoms with E-state index in [1.54, 1.807) is 0 Å². The van der Waals surface area contributed by atoms with E-state index in [1.807, 2.05) is 48.5 Å². The molecule has 0 amide bonds. The molecule has 3 aromatic carbocycles. The Kier molecular flexibility index (Phi) is 3.57. The summed E-state index contributed by atoms with van der Waals surface area (Å²) in [6, 6.07) is 24.3. The molecule has 0 aliphatic rings. The Morgan fingerprint density at radius 3 is 2.44 bits per heavy atom. The fourth-order valence-electron chi connectivity index (χ4n) is 3.23. The van der Waals surface area contributed by atoms with Gasteiger partial charge in [0, 0.05) is 10.9 Å². The lowest BCUT2D eigenvalue weighted by molar-refractivity contribution is 1.18. The van der Waals surface area contributed by atoms with E-state index in [0.29, 0.717) is 11.9 Å². The average molecular weight is 351 g/mol. The highest BCUT2D eigenvalue weighted by Crippen LogP contribution is 2.28. The van der Waals surface area contributed by atoms with Crippen molar-refractivity contribution in [3.05, 3.63) is 78.4 Å². The molecular formula is C22H17N5. The highest BCUT2D eigenvalue weighted by molar-refractivity contribution is 5.93. The molecule has 0 aliphatic heterocycles. The van der Waals surface area contributed by atoms with Crippen LogP contribution in [-0.2, 0) is 0 Å². The first-order valence-corrected chi connectivity index (χ1v) is 8.82. The maximum atomic E-state index is 4.80. The first kappa shape index (κ1) is 15.5. The van der Waals surface area contributed by atoms with Crippen molar-refractivity contribution in [3.63, 3.8) is 0 Å². The van der Waals surface area contributed by atoms with Crippen molar-refractivity contribution in [2.45, 2.75) is 6.92 Å². The van der Waals surface area contributed by atoms with E-state index in [2.05, 4.69) is 51.5 Å². The summed E-state index contributed by atoms with van der Waals surface area (Å²) in [5.41, 5.74) is 5.92. The molecular weight excluding hydrogens is 334 g/mol. The van der Waals surface area contributed by atoms with Crippen molar-refractivity contribution in [1.29, 1.82) is 0 Å². The molecule has 0 aliphatic carbocycles. The van der Waals surface area contributed by atoms with Gasteiger partial charge in [-0.05, 0) is 31.2 Å². The molecule has 5 aromatic rings. The highest BCUT2D eigenvalue weighted by atomic mass is 15.2. The monoisotopic (exact) mass is 351 g/mol. The number of rotatable bonds is 3. The van der Waals surface area contributed by atoms with Crippen LogP contribution < -0.4 is 5.32 Å². The van der Waals surface area contributed by atoms with Gasteiger partial charge in [-0.3, -0.25) is 5.32 Å². The van der Waals surface area contributed by atoms with Gasteiger partial charge >= 0.3 is 0 Å². The van der Waals surface area contributed by atoms with Crippen LogP contribution in [0.2, 0.25) is 0 Å². The van der Waals surface area contributed by atoms with Crippen molar-refractivity contribution >= 4 is 33.8 Å². The third kappa shape index (κ3) is 2.89. The number of fused-ring (bicyclic) bond motifs is 2. The van der Waals surface area contributed by atoms with E-state index in [-0.39, 0.29) is 0 Å². The van der Waals surface area contributed by atoms with Crippen molar-refractivity contribution in [3.8, 4) is 11.3 Å². The third-order valence-corrected chi connectivity index (χ3v) is 4.52. The molecule has 0 unspecified atom stereocenters. The largest absolute Gasteiger partial charge is 0.324 e. The second-order valence-electron chi connectivity index (χ2n) is 6.51. The number of aryl methyl sites for hydroxylation is 1. The van der Waals surface area contributed by atoms with Gasteiger partial charge < -0.3 is 4.98 Å². The molecule has 27 heavy (non-hydrogen) atoms. The molecule has 2 N–H and O–H groups in total. The third-order valence-electron chi connectivity index (χ3n) is 4.52. The second kappa shape index (κ2) is 6.21. The summed E-state index contributed by atoms with van der Waals surface area (Å²) >= 11 is 0. The van der Waals surface area contributed by atoms with Crippen LogP contribution in [0.25, 0.3) is 33.2 Å². The summed E-state index contributed by atoms with van der Waals surface area (Å²) in [4.78, 5) is 17.3. The number of para-hydroxylation sites is 2.